The summed E-state index contributed by atoms with van der Waals surface area (Å²) in [7, 11) is 0. The van der Waals surface area contributed by atoms with Crippen molar-refractivity contribution in [2.75, 3.05) is 13.2 Å². The predicted molar refractivity (Wildman–Crippen MR) is 82.3 cm³/mol. The van der Waals surface area contributed by atoms with E-state index in [-0.39, 0.29) is 17.7 Å². The maximum atomic E-state index is 12.8. The summed E-state index contributed by atoms with van der Waals surface area (Å²) in [6.07, 6.45) is 2.71. The molecule has 0 aliphatic rings. The van der Waals surface area contributed by atoms with E-state index in [0.717, 1.165) is 5.56 Å². The van der Waals surface area contributed by atoms with Crippen molar-refractivity contribution in [3.8, 4) is 0 Å². The lowest BCUT2D eigenvalue weighted by Crippen LogP contribution is -2.29. The van der Waals surface area contributed by atoms with Gasteiger partial charge in [0.2, 0.25) is 0 Å². The van der Waals surface area contributed by atoms with Crippen LogP contribution in [0, 0.1) is 11.7 Å². The summed E-state index contributed by atoms with van der Waals surface area (Å²) in [5.74, 6) is -0.617. The van der Waals surface area contributed by atoms with E-state index in [9.17, 15) is 9.18 Å². The van der Waals surface area contributed by atoms with Gasteiger partial charge in [0.1, 0.15) is 5.82 Å². The van der Waals surface area contributed by atoms with Crippen molar-refractivity contribution in [1.29, 1.82) is 0 Å². The zero-order chi connectivity index (χ0) is 15.7. The maximum Gasteiger partial charge on any atom is 0.310 e. The van der Waals surface area contributed by atoms with Crippen LogP contribution in [-0.4, -0.2) is 19.1 Å². The summed E-state index contributed by atoms with van der Waals surface area (Å²) < 4.78 is 17.9. The monoisotopic (exact) mass is 293 g/mol. The number of halogens is 1. The lowest BCUT2D eigenvalue weighted by molar-refractivity contribution is -0.147. The standard InChI is InChI=1S/C17H24FNO2/c1-4-21-17(20)15(8-5-13(2)3)12-19-11-14-6-9-16(18)10-7-14/h5-7,9-10,15,19H,4,8,11-12H2,1-3H3. The van der Waals surface area contributed by atoms with Gasteiger partial charge in [0.25, 0.3) is 0 Å². The molecule has 0 fully saturated rings. The number of allylic oxidation sites excluding steroid dienone is 2. The minimum atomic E-state index is -0.244. The van der Waals surface area contributed by atoms with Crippen LogP contribution in [0.25, 0.3) is 0 Å². The van der Waals surface area contributed by atoms with Gasteiger partial charge in [-0.2, -0.15) is 0 Å². The van der Waals surface area contributed by atoms with Gasteiger partial charge in [0.15, 0.2) is 0 Å². The molecule has 0 aliphatic carbocycles. The smallest absolute Gasteiger partial charge is 0.310 e. The Morgan fingerprint density at radius 2 is 2.00 bits per heavy atom. The number of nitrogens with one attached hydrogen (secondary N) is 1. The molecule has 0 aromatic heterocycles. The Morgan fingerprint density at radius 1 is 1.33 bits per heavy atom. The summed E-state index contributed by atoms with van der Waals surface area (Å²) >= 11 is 0. The van der Waals surface area contributed by atoms with E-state index < -0.39 is 0 Å². The fraction of sp³-hybridized carbons (Fsp3) is 0.471. The number of carbonyl (C=O) groups is 1. The number of rotatable bonds is 8. The van der Waals surface area contributed by atoms with E-state index in [1.807, 2.05) is 26.8 Å². The van der Waals surface area contributed by atoms with Gasteiger partial charge in [-0.1, -0.05) is 23.8 Å². The van der Waals surface area contributed by atoms with Gasteiger partial charge in [-0.3, -0.25) is 4.79 Å². The number of carbonyl (C=O) groups excluding carboxylic acids is 1. The molecule has 0 amide bonds. The average molecular weight is 293 g/mol. The van der Waals surface area contributed by atoms with Crippen LogP contribution in [0.1, 0.15) is 32.8 Å². The molecule has 1 atom stereocenters. The van der Waals surface area contributed by atoms with Crippen LogP contribution >= 0.6 is 0 Å². The molecule has 116 valence electrons. The molecule has 1 aromatic carbocycles. The van der Waals surface area contributed by atoms with Crippen molar-refractivity contribution in [3.63, 3.8) is 0 Å². The highest BCUT2D eigenvalue weighted by molar-refractivity contribution is 5.72. The molecular formula is C17H24FNO2. The molecule has 1 unspecified atom stereocenters. The Bertz CT molecular complexity index is 464. The number of ether oxygens (including phenoxy) is 1. The predicted octanol–water partition coefficient (Wildman–Crippen LogP) is 3.45. The summed E-state index contributed by atoms with van der Waals surface area (Å²) in [5.41, 5.74) is 2.17. The number of benzene rings is 1. The molecule has 1 rings (SSSR count). The molecule has 1 aromatic rings. The quantitative estimate of drug-likeness (QED) is 0.589. The molecule has 0 saturated carbocycles. The normalized spacial score (nSPS) is 11.8. The van der Waals surface area contributed by atoms with Crippen molar-refractivity contribution in [2.45, 2.75) is 33.7 Å². The van der Waals surface area contributed by atoms with Crippen molar-refractivity contribution in [1.82, 2.24) is 5.32 Å². The Labute approximate surface area is 126 Å². The molecule has 0 saturated heterocycles. The van der Waals surface area contributed by atoms with Gasteiger partial charge in [0, 0.05) is 13.1 Å². The zero-order valence-corrected chi connectivity index (χ0v) is 13.0. The molecule has 0 spiro atoms. The molecule has 3 nitrogen and oxygen atoms in total. The van der Waals surface area contributed by atoms with Gasteiger partial charge in [0.05, 0.1) is 12.5 Å². The van der Waals surface area contributed by atoms with Gasteiger partial charge in [-0.05, 0) is 44.9 Å². The third kappa shape index (κ3) is 7.04. The lowest BCUT2D eigenvalue weighted by atomic mass is 10.0. The van der Waals surface area contributed by atoms with E-state index in [2.05, 4.69) is 5.32 Å². The number of hydrogen-bond acceptors (Lipinski definition) is 3. The first kappa shape index (κ1) is 17.4. The van der Waals surface area contributed by atoms with Crippen molar-refractivity contribution in [3.05, 3.63) is 47.3 Å². The Hall–Kier alpha value is -1.68. The van der Waals surface area contributed by atoms with E-state index in [1.165, 1.54) is 17.7 Å². The van der Waals surface area contributed by atoms with Crippen molar-refractivity contribution < 1.29 is 13.9 Å². The van der Waals surface area contributed by atoms with Crippen LogP contribution in [0.2, 0.25) is 0 Å². The van der Waals surface area contributed by atoms with E-state index >= 15 is 0 Å². The second kappa shape index (κ2) is 9.29. The maximum absolute atomic E-state index is 12.8. The van der Waals surface area contributed by atoms with Crippen LogP contribution in [-0.2, 0) is 16.1 Å². The summed E-state index contributed by atoms with van der Waals surface area (Å²) in [6.45, 7) is 7.36. The molecule has 4 heteroatoms. The highest BCUT2D eigenvalue weighted by Gasteiger charge is 2.18. The number of esters is 1. The van der Waals surface area contributed by atoms with Crippen LogP contribution in [0.3, 0.4) is 0 Å². The van der Waals surface area contributed by atoms with Crippen LogP contribution < -0.4 is 5.32 Å². The van der Waals surface area contributed by atoms with Crippen molar-refractivity contribution in [2.24, 2.45) is 5.92 Å². The van der Waals surface area contributed by atoms with Crippen molar-refractivity contribution >= 4 is 5.97 Å². The summed E-state index contributed by atoms with van der Waals surface area (Å²) in [5, 5.41) is 3.23. The fourth-order valence-electron chi connectivity index (χ4n) is 1.89. The molecule has 1 N–H and O–H groups in total. The van der Waals surface area contributed by atoms with Crippen LogP contribution in [0.5, 0.6) is 0 Å². The summed E-state index contributed by atoms with van der Waals surface area (Å²) in [4.78, 5) is 11.9. The molecule has 0 bridgehead atoms. The fourth-order valence-corrected chi connectivity index (χ4v) is 1.89. The van der Waals surface area contributed by atoms with E-state index in [4.69, 9.17) is 4.74 Å². The third-order valence-corrected chi connectivity index (χ3v) is 3.06. The Morgan fingerprint density at radius 3 is 2.57 bits per heavy atom. The van der Waals surface area contributed by atoms with E-state index in [1.54, 1.807) is 12.1 Å². The third-order valence-electron chi connectivity index (χ3n) is 3.06. The van der Waals surface area contributed by atoms with Gasteiger partial charge >= 0.3 is 5.97 Å². The van der Waals surface area contributed by atoms with E-state index in [0.29, 0.717) is 26.1 Å². The molecular weight excluding hydrogens is 269 g/mol. The molecule has 21 heavy (non-hydrogen) atoms. The Balaban J connectivity index is 2.49. The topological polar surface area (TPSA) is 38.3 Å². The number of hydrogen-bond donors (Lipinski definition) is 1. The first-order valence-electron chi connectivity index (χ1n) is 7.28. The molecule has 0 radical (unpaired) electrons. The molecule has 0 aliphatic heterocycles. The average Bonchev–Trinajstić information content (AvgIpc) is 2.44. The lowest BCUT2D eigenvalue weighted by Gasteiger charge is -2.15. The first-order valence-corrected chi connectivity index (χ1v) is 7.28. The first-order chi connectivity index (χ1) is 10.0. The Kier molecular flexibility index (Phi) is 7.69. The van der Waals surface area contributed by atoms with Crippen LogP contribution in [0.4, 0.5) is 4.39 Å². The minimum absolute atomic E-state index is 0.179. The largest absolute Gasteiger partial charge is 0.466 e. The van der Waals surface area contributed by atoms with Gasteiger partial charge < -0.3 is 10.1 Å². The highest BCUT2D eigenvalue weighted by atomic mass is 19.1. The highest BCUT2D eigenvalue weighted by Crippen LogP contribution is 2.09. The summed E-state index contributed by atoms with van der Waals surface area (Å²) in [6, 6.07) is 6.33. The van der Waals surface area contributed by atoms with Crippen LogP contribution in [0.15, 0.2) is 35.9 Å². The van der Waals surface area contributed by atoms with Gasteiger partial charge in [-0.25, -0.2) is 4.39 Å². The molecule has 0 heterocycles. The SMILES string of the molecule is CCOC(=O)C(CC=C(C)C)CNCc1ccc(F)cc1. The second-order valence-corrected chi connectivity index (χ2v) is 5.22. The zero-order valence-electron chi connectivity index (χ0n) is 13.0. The van der Waals surface area contributed by atoms with Gasteiger partial charge in [-0.15, -0.1) is 0 Å². The minimum Gasteiger partial charge on any atom is -0.466 e. The second-order valence-electron chi connectivity index (χ2n) is 5.22.